The minimum Gasteiger partial charge on any atom is -0.308 e. The van der Waals surface area contributed by atoms with Crippen molar-refractivity contribution in [3.8, 4) is 5.69 Å². The van der Waals surface area contributed by atoms with Crippen molar-refractivity contribution < 1.29 is 8.42 Å². The SMILES string of the molecule is CS(=O)(=O)NCC1CCCC1NCc1ccn(-c2ccccc2)n1. The van der Waals surface area contributed by atoms with Crippen LogP contribution in [0, 0.1) is 5.92 Å². The Morgan fingerprint density at radius 2 is 2.00 bits per heavy atom. The van der Waals surface area contributed by atoms with Gasteiger partial charge in [-0.15, -0.1) is 0 Å². The molecule has 2 atom stereocenters. The molecular formula is C17H24N4O2S. The molecule has 0 bridgehead atoms. The molecule has 1 saturated carbocycles. The van der Waals surface area contributed by atoms with Crippen LogP contribution in [0.3, 0.4) is 0 Å². The fourth-order valence-corrected chi connectivity index (χ4v) is 3.74. The van der Waals surface area contributed by atoms with Crippen molar-refractivity contribution in [2.24, 2.45) is 5.92 Å². The molecule has 7 heteroatoms. The maximum Gasteiger partial charge on any atom is 0.208 e. The number of aromatic nitrogens is 2. The Bertz CT molecular complexity index is 758. The monoisotopic (exact) mass is 348 g/mol. The number of rotatable bonds is 7. The van der Waals surface area contributed by atoms with Crippen molar-refractivity contribution in [2.45, 2.75) is 31.8 Å². The summed E-state index contributed by atoms with van der Waals surface area (Å²) in [6.45, 7) is 1.20. The maximum atomic E-state index is 11.3. The van der Waals surface area contributed by atoms with Crippen LogP contribution in [0.4, 0.5) is 0 Å². The first kappa shape index (κ1) is 17.1. The fraction of sp³-hybridized carbons (Fsp3) is 0.471. The van der Waals surface area contributed by atoms with Gasteiger partial charge in [-0.25, -0.2) is 17.8 Å². The molecule has 24 heavy (non-hydrogen) atoms. The van der Waals surface area contributed by atoms with Crippen LogP contribution in [0.1, 0.15) is 25.0 Å². The number of hydrogen-bond donors (Lipinski definition) is 2. The molecule has 1 aromatic heterocycles. The van der Waals surface area contributed by atoms with Crippen LogP contribution in [0.2, 0.25) is 0 Å². The lowest BCUT2D eigenvalue weighted by Crippen LogP contribution is -2.38. The Morgan fingerprint density at radius 3 is 2.75 bits per heavy atom. The van der Waals surface area contributed by atoms with Crippen LogP contribution in [0.25, 0.3) is 5.69 Å². The molecule has 1 fully saturated rings. The zero-order chi connectivity index (χ0) is 17.0. The molecule has 0 amide bonds. The second-order valence-corrected chi connectivity index (χ2v) is 8.22. The molecule has 6 nitrogen and oxygen atoms in total. The van der Waals surface area contributed by atoms with Gasteiger partial charge in [-0.2, -0.15) is 5.10 Å². The molecule has 0 spiro atoms. The second kappa shape index (κ2) is 7.46. The average Bonchev–Trinajstić information content (AvgIpc) is 3.20. The number of hydrogen-bond acceptors (Lipinski definition) is 4. The fourth-order valence-electron chi connectivity index (χ4n) is 3.22. The topological polar surface area (TPSA) is 76.0 Å². The smallest absolute Gasteiger partial charge is 0.208 e. The van der Waals surface area contributed by atoms with E-state index in [2.05, 4.69) is 15.1 Å². The van der Waals surface area contributed by atoms with Crippen molar-refractivity contribution in [1.29, 1.82) is 0 Å². The first-order valence-electron chi connectivity index (χ1n) is 8.29. The van der Waals surface area contributed by atoms with Gasteiger partial charge in [-0.3, -0.25) is 0 Å². The lowest BCUT2D eigenvalue weighted by atomic mass is 10.0. The van der Waals surface area contributed by atoms with E-state index in [1.807, 2.05) is 47.3 Å². The molecule has 1 aliphatic rings. The molecule has 1 aliphatic carbocycles. The minimum absolute atomic E-state index is 0.334. The van der Waals surface area contributed by atoms with Gasteiger partial charge in [0.2, 0.25) is 10.0 Å². The molecule has 0 saturated heterocycles. The summed E-state index contributed by atoms with van der Waals surface area (Å²) in [5.74, 6) is 0.343. The zero-order valence-electron chi connectivity index (χ0n) is 13.9. The third-order valence-electron chi connectivity index (χ3n) is 4.48. The predicted octanol–water partition coefficient (Wildman–Crippen LogP) is 1.68. The highest BCUT2D eigenvalue weighted by Gasteiger charge is 2.27. The van der Waals surface area contributed by atoms with Gasteiger partial charge in [0.1, 0.15) is 0 Å². The van der Waals surface area contributed by atoms with Gasteiger partial charge in [-0.05, 0) is 37.0 Å². The van der Waals surface area contributed by atoms with E-state index in [1.54, 1.807) is 0 Å². The van der Waals surface area contributed by atoms with Gasteiger partial charge < -0.3 is 5.32 Å². The number of sulfonamides is 1. The van der Waals surface area contributed by atoms with Crippen LogP contribution >= 0.6 is 0 Å². The predicted molar refractivity (Wildman–Crippen MR) is 94.4 cm³/mol. The summed E-state index contributed by atoms with van der Waals surface area (Å²) in [5, 5.41) is 8.13. The van der Waals surface area contributed by atoms with Crippen LogP contribution < -0.4 is 10.0 Å². The largest absolute Gasteiger partial charge is 0.308 e. The van der Waals surface area contributed by atoms with E-state index in [0.717, 1.165) is 30.6 Å². The van der Waals surface area contributed by atoms with E-state index in [-0.39, 0.29) is 0 Å². The number of para-hydroxylation sites is 1. The van der Waals surface area contributed by atoms with E-state index >= 15 is 0 Å². The first-order chi connectivity index (χ1) is 11.5. The van der Waals surface area contributed by atoms with Gasteiger partial charge in [-0.1, -0.05) is 24.6 Å². The number of nitrogens with one attached hydrogen (secondary N) is 2. The van der Waals surface area contributed by atoms with Crippen LogP contribution in [-0.4, -0.2) is 37.0 Å². The Labute approximate surface area is 143 Å². The van der Waals surface area contributed by atoms with Crippen molar-refractivity contribution in [2.75, 3.05) is 12.8 Å². The summed E-state index contributed by atoms with van der Waals surface area (Å²) in [7, 11) is -3.12. The average molecular weight is 348 g/mol. The van der Waals surface area contributed by atoms with Gasteiger partial charge >= 0.3 is 0 Å². The molecule has 2 unspecified atom stereocenters. The summed E-state index contributed by atoms with van der Waals surface area (Å²) in [5.41, 5.74) is 2.03. The zero-order valence-corrected chi connectivity index (χ0v) is 14.7. The lowest BCUT2D eigenvalue weighted by molar-refractivity contribution is 0.394. The molecule has 1 heterocycles. The minimum atomic E-state index is -3.12. The molecule has 0 aliphatic heterocycles. The third-order valence-corrected chi connectivity index (χ3v) is 5.17. The van der Waals surface area contributed by atoms with E-state index in [4.69, 9.17) is 0 Å². The molecule has 1 aromatic carbocycles. The van der Waals surface area contributed by atoms with Gasteiger partial charge in [0.15, 0.2) is 0 Å². The highest BCUT2D eigenvalue weighted by atomic mass is 32.2. The molecular weight excluding hydrogens is 324 g/mol. The van der Waals surface area contributed by atoms with E-state index in [1.165, 1.54) is 6.26 Å². The van der Waals surface area contributed by atoms with Gasteiger partial charge in [0.25, 0.3) is 0 Å². The molecule has 130 valence electrons. The standard InChI is InChI=1S/C17H24N4O2S/c1-24(22,23)19-12-14-6-5-9-17(14)18-13-15-10-11-21(20-15)16-7-3-2-4-8-16/h2-4,7-8,10-11,14,17-19H,5-6,9,12-13H2,1H3. The quantitative estimate of drug-likeness (QED) is 0.798. The Kier molecular flexibility index (Phi) is 5.33. The first-order valence-corrected chi connectivity index (χ1v) is 10.2. The van der Waals surface area contributed by atoms with Crippen LogP contribution in [0.5, 0.6) is 0 Å². The summed E-state index contributed by atoms with van der Waals surface area (Å²) in [6.07, 6.45) is 6.44. The normalized spacial score (nSPS) is 21.2. The van der Waals surface area contributed by atoms with Crippen molar-refractivity contribution in [3.05, 3.63) is 48.3 Å². The summed E-state index contributed by atoms with van der Waals surface area (Å²) >= 11 is 0. The van der Waals surface area contributed by atoms with Gasteiger partial charge in [0.05, 0.1) is 17.6 Å². The Morgan fingerprint density at radius 1 is 1.21 bits per heavy atom. The van der Waals surface area contributed by atoms with E-state index in [0.29, 0.717) is 25.0 Å². The van der Waals surface area contributed by atoms with Crippen molar-refractivity contribution >= 4 is 10.0 Å². The Hall–Kier alpha value is -1.70. The Balaban J connectivity index is 1.54. The van der Waals surface area contributed by atoms with Crippen LogP contribution in [-0.2, 0) is 16.6 Å². The summed E-state index contributed by atoms with van der Waals surface area (Å²) < 4.78 is 27.0. The van der Waals surface area contributed by atoms with Crippen molar-refractivity contribution in [1.82, 2.24) is 19.8 Å². The van der Waals surface area contributed by atoms with E-state index in [9.17, 15) is 8.42 Å². The molecule has 2 N–H and O–H groups in total. The van der Waals surface area contributed by atoms with E-state index < -0.39 is 10.0 Å². The lowest BCUT2D eigenvalue weighted by Gasteiger charge is -2.20. The highest BCUT2D eigenvalue weighted by molar-refractivity contribution is 7.88. The summed E-state index contributed by atoms with van der Waals surface area (Å²) in [6, 6.07) is 12.4. The third kappa shape index (κ3) is 4.66. The highest BCUT2D eigenvalue weighted by Crippen LogP contribution is 2.25. The summed E-state index contributed by atoms with van der Waals surface area (Å²) in [4.78, 5) is 0. The number of nitrogens with zero attached hydrogens (tertiary/aromatic N) is 2. The molecule has 0 radical (unpaired) electrons. The second-order valence-electron chi connectivity index (χ2n) is 6.39. The van der Waals surface area contributed by atoms with Crippen LogP contribution in [0.15, 0.2) is 42.6 Å². The maximum absolute atomic E-state index is 11.3. The van der Waals surface area contributed by atoms with Crippen molar-refractivity contribution in [3.63, 3.8) is 0 Å². The molecule has 3 rings (SSSR count). The number of benzene rings is 1. The van der Waals surface area contributed by atoms with Gasteiger partial charge in [0, 0.05) is 25.3 Å². The molecule has 2 aromatic rings.